The van der Waals surface area contributed by atoms with Crippen LogP contribution in [0.5, 0.6) is 0 Å². The van der Waals surface area contributed by atoms with Gasteiger partial charge in [-0.25, -0.2) is 0 Å². The Bertz CT molecular complexity index is 431. The number of ketones is 1. The fraction of sp³-hybridized carbons (Fsp3) is 0.615. The molecule has 90 valence electrons. The lowest BCUT2D eigenvalue weighted by Gasteiger charge is -2.26. The van der Waals surface area contributed by atoms with Crippen molar-refractivity contribution in [2.45, 2.75) is 39.5 Å². The van der Waals surface area contributed by atoms with Crippen molar-refractivity contribution in [3.8, 4) is 11.8 Å². The third kappa shape index (κ3) is 5.24. The second-order valence-corrected chi connectivity index (χ2v) is 5.01. The molecule has 0 unspecified atom stereocenters. The Kier molecular flexibility index (Phi) is 4.81. The van der Waals surface area contributed by atoms with Crippen LogP contribution in [0.25, 0.3) is 10.4 Å². The zero-order chi connectivity index (χ0) is 12.7. The van der Waals surface area contributed by atoms with E-state index in [1.165, 1.54) is 0 Å². The van der Waals surface area contributed by atoms with Crippen LogP contribution in [-0.2, 0) is 4.79 Å². The minimum absolute atomic E-state index is 0.0287. The molecular weight excluding hydrogens is 214 g/mol. The number of hydrogen-bond donors (Lipinski definition) is 0. The fourth-order valence-electron chi connectivity index (χ4n) is 1.89. The van der Waals surface area contributed by atoms with Crippen molar-refractivity contribution in [2.24, 2.45) is 10.5 Å². The zero-order valence-electron chi connectivity index (χ0n) is 10.4. The molecule has 0 amide bonds. The number of carbonyl (C=O) groups excluding carboxylic acids is 1. The lowest BCUT2D eigenvalue weighted by atomic mass is 9.77. The van der Waals surface area contributed by atoms with E-state index in [4.69, 9.17) is 5.53 Å². The van der Waals surface area contributed by atoms with E-state index in [0.29, 0.717) is 19.4 Å². The van der Waals surface area contributed by atoms with Crippen LogP contribution in [0.1, 0.15) is 39.5 Å². The van der Waals surface area contributed by atoms with Crippen molar-refractivity contribution in [1.82, 2.24) is 0 Å². The van der Waals surface area contributed by atoms with E-state index in [1.54, 1.807) is 6.08 Å². The summed E-state index contributed by atoms with van der Waals surface area (Å²) in [7, 11) is 0. The third-order valence-electron chi connectivity index (χ3n) is 2.53. The van der Waals surface area contributed by atoms with Crippen molar-refractivity contribution in [2.75, 3.05) is 6.54 Å². The molecule has 0 saturated carbocycles. The Morgan fingerprint density at radius 1 is 1.53 bits per heavy atom. The van der Waals surface area contributed by atoms with Gasteiger partial charge in [0.15, 0.2) is 5.78 Å². The highest BCUT2D eigenvalue weighted by Crippen LogP contribution is 2.33. The Labute approximate surface area is 102 Å². The molecule has 0 atom stereocenters. The highest BCUT2D eigenvalue weighted by atomic mass is 16.1. The normalized spacial score (nSPS) is 17.5. The lowest BCUT2D eigenvalue weighted by molar-refractivity contribution is -0.116. The summed E-state index contributed by atoms with van der Waals surface area (Å²) in [4.78, 5) is 14.1. The summed E-state index contributed by atoms with van der Waals surface area (Å²) in [5, 5.41) is 3.44. The molecule has 4 heteroatoms. The number of hydrogen-bond acceptors (Lipinski definition) is 2. The minimum atomic E-state index is 0.0287. The van der Waals surface area contributed by atoms with Gasteiger partial charge in [0.25, 0.3) is 0 Å². The average molecular weight is 231 g/mol. The van der Waals surface area contributed by atoms with Crippen LogP contribution < -0.4 is 0 Å². The first-order valence-electron chi connectivity index (χ1n) is 5.77. The van der Waals surface area contributed by atoms with Gasteiger partial charge < -0.3 is 0 Å². The van der Waals surface area contributed by atoms with Gasteiger partial charge in [0.2, 0.25) is 0 Å². The second kappa shape index (κ2) is 6.12. The molecular formula is C13H17N3O. The monoisotopic (exact) mass is 231 g/mol. The SMILES string of the molecule is CC1(C)CC(=O)C=C(C#CCCCN=[N+]=[N-])C1. The Balaban J connectivity index is 2.48. The molecule has 0 aliphatic heterocycles. The predicted octanol–water partition coefficient (Wildman–Crippen LogP) is 3.40. The van der Waals surface area contributed by atoms with Gasteiger partial charge in [-0.15, -0.1) is 0 Å². The Morgan fingerprint density at radius 3 is 2.94 bits per heavy atom. The molecule has 0 saturated heterocycles. The van der Waals surface area contributed by atoms with Gasteiger partial charge in [-0.3, -0.25) is 4.79 Å². The molecule has 4 nitrogen and oxygen atoms in total. The predicted molar refractivity (Wildman–Crippen MR) is 67.1 cm³/mol. The first-order chi connectivity index (χ1) is 8.03. The number of unbranched alkanes of at least 4 members (excludes halogenated alkanes) is 1. The zero-order valence-corrected chi connectivity index (χ0v) is 10.4. The van der Waals surface area contributed by atoms with Gasteiger partial charge in [0.1, 0.15) is 0 Å². The first-order valence-corrected chi connectivity index (χ1v) is 5.77. The summed E-state index contributed by atoms with van der Waals surface area (Å²) < 4.78 is 0. The van der Waals surface area contributed by atoms with Crippen LogP contribution in [0.3, 0.4) is 0 Å². The molecule has 1 aliphatic carbocycles. The summed E-state index contributed by atoms with van der Waals surface area (Å²) in [6.45, 7) is 4.65. The largest absolute Gasteiger partial charge is 0.295 e. The van der Waals surface area contributed by atoms with Crippen LogP contribution >= 0.6 is 0 Å². The summed E-state index contributed by atoms with van der Waals surface area (Å²) in [5.41, 5.74) is 9.04. The first kappa shape index (κ1) is 13.3. The van der Waals surface area contributed by atoms with Gasteiger partial charge in [-0.05, 0) is 29.9 Å². The molecule has 0 fully saturated rings. The summed E-state index contributed by atoms with van der Waals surface area (Å²) in [6, 6.07) is 0. The molecule has 0 radical (unpaired) electrons. The van der Waals surface area contributed by atoms with Gasteiger partial charge in [0.05, 0.1) is 0 Å². The maximum Gasteiger partial charge on any atom is 0.157 e. The van der Waals surface area contributed by atoms with Gasteiger partial charge in [0, 0.05) is 29.9 Å². The molecule has 0 spiro atoms. The van der Waals surface area contributed by atoms with Crippen LogP contribution in [0.4, 0.5) is 0 Å². The van der Waals surface area contributed by atoms with Gasteiger partial charge in [-0.1, -0.05) is 30.8 Å². The number of allylic oxidation sites excluding steroid dienone is 2. The van der Waals surface area contributed by atoms with Crippen LogP contribution in [0.2, 0.25) is 0 Å². The summed E-state index contributed by atoms with van der Waals surface area (Å²) in [6.07, 6.45) is 4.59. The third-order valence-corrected chi connectivity index (χ3v) is 2.53. The van der Waals surface area contributed by atoms with E-state index in [9.17, 15) is 4.79 Å². The van der Waals surface area contributed by atoms with Crippen LogP contribution in [0.15, 0.2) is 16.8 Å². The highest BCUT2D eigenvalue weighted by Gasteiger charge is 2.26. The van der Waals surface area contributed by atoms with Crippen molar-refractivity contribution in [3.05, 3.63) is 22.1 Å². The molecule has 17 heavy (non-hydrogen) atoms. The number of nitrogens with zero attached hydrogens (tertiary/aromatic N) is 3. The summed E-state index contributed by atoms with van der Waals surface area (Å²) >= 11 is 0. The fourth-order valence-corrected chi connectivity index (χ4v) is 1.89. The lowest BCUT2D eigenvalue weighted by Crippen LogP contribution is -2.21. The molecule has 0 aromatic heterocycles. The number of carbonyl (C=O) groups is 1. The van der Waals surface area contributed by atoms with Crippen molar-refractivity contribution in [1.29, 1.82) is 0 Å². The van der Waals surface area contributed by atoms with Gasteiger partial charge in [-0.2, -0.15) is 0 Å². The van der Waals surface area contributed by atoms with E-state index in [2.05, 4.69) is 35.7 Å². The number of rotatable bonds is 3. The van der Waals surface area contributed by atoms with Crippen molar-refractivity contribution in [3.63, 3.8) is 0 Å². The van der Waals surface area contributed by atoms with E-state index >= 15 is 0 Å². The molecule has 1 rings (SSSR count). The van der Waals surface area contributed by atoms with Crippen molar-refractivity contribution >= 4 is 5.78 Å². The van der Waals surface area contributed by atoms with E-state index in [0.717, 1.165) is 18.4 Å². The molecule has 0 N–H and O–H groups in total. The topological polar surface area (TPSA) is 65.8 Å². The quantitative estimate of drug-likeness (QED) is 0.241. The smallest absolute Gasteiger partial charge is 0.157 e. The van der Waals surface area contributed by atoms with Crippen LogP contribution in [-0.4, -0.2) is 12.3 Å². The van der Waals surface area contributed by atoms with E-state index in [-0.39, 0.29) is 11.2 Å². The molecule has 1 aliphatic rings. The highest BCUT2D eigenvalue weighted by molar-refractivity contribution is 5.92. The van der Waals surface area contributed by atoms with Crippen molar-refractivity contribution < 1.29 is 4.79 Å². The molecule has 0 bridgehead atoms. The second-order valence-electron chi connectivity index (χ2n) is 5.01. The Hall–Kier alpha value is -1.72. The minimum Gasteiger partial charge on any atom is -0.295 e. The van der Waals surface area contributed by atoms with E-state index < -0.39 is 0 Å². The maximum absolute atomic E-state index is 11.5. The molecule has 0 heterocycles. The Morgan fingerprint density at radius 2 is 2.29 bits per heavy atom. The molecule has 0 aromatic carbocycles. The average Bonchev–Trinajstić information content (AvgIpc) is 2.20. The van der Waals surface area contributed by atoms with Gasteiger partial charge >= 0.3 is 0 Å². The maximum atomic E-state index is 11.5. The summed E-state index contributed by atoms with van der Waals surface area (Å²) in [5.74, 6) is 6.22. The molecule has 0 aromatic rings. The van der Waals surface area contributed by atoms with Crippen LogP contribution in [0, 0.1) is 17.3 Å². The number of azide groups is 1. The van der Waals surface area contributed by atoms with E-state index in [1.807, 2.05) is 0 Å². The standard InChI is InChI=1S/C13H17N3O/c1-13(2)9-11(8-12(17)10-13)6-4-3-5-7-15-16-14/h8H,3,5,7,9-10H2,1-2H3.